The molecule has 1 aromatic rings. The van der Waals surface area contributed by atoms with Crippen molar-refractivity contribution in [3.8, 4) is 0 Å². The average Bonchev–Trinajstić information content (AvgIpc) is 2.35. The SMILES string of the molecule is C[C@H]1OC[C@@](c2cc(N)ccc2F)(C(F)F)N=C1N. The summed E-state index contributed by atoms with van der Waals surface area (Å²) in [7, 11) is 0. The lowest BCUT2D eigenvalue weighted by atomic mass is 9.89. The molecule has 0 aromatic heterocycles. The lowest BCUT2D eigenvalue weighted by molar-refractivity contribution is -0.0340. The maximum absolute atomic E-state index is 13.8. The lowest BCUT2D eigenvalue weighted by Gasteiger charge is -2.35. The van der Waals surface area contributed by atoms with Crippen molar-refractivity contribution in [2.24, 2.45) is 10.7 Å². The molecular formula is C12H14F3N3O. The number of benzene rings is 1. The molecule has 0 radical (unpaired) electrons. The Morgan fingerprint density at radius 1 is 1.42 bits per heavy atom. The summed E-state index contributed by atoms with van der Waals surface area (Å²) in [5, 5.41) is 0. The molecule has 0 spiro atoms. The number of ether oxygens (including phenoxy) is 1. The molecule has 19 heavy (non-hydrogen) atoms. The van der Waals surface area contributed by atoms with Crippen molar-refractivity contribution in [3.05, 3.63) is 29.6 Å². The van der Waals surface area contributed by atoms with E-state index >= 15 is 0 Å². The van der Waals surface area contributed by atoms with Crippen LogP contribution in [0.5, 0.6) is 0 Å². The Bertz CT molecular complexity index is 521. The van der Waals surface area contributed by atoms with Gasteiger partial charge in [0.05, 0.1) is 6.61 Å². The number of nitrogens with two attached hydrogens (primary N) is 2. The number of rotatable bonds is 2. The van der Waals surface area contributed by atoms with Crippen LogP contribution in [0, 0.1) is 5.82 Å². The van der Waals surface area contributed by atoms with Crippen LogP contribution in [0.25, 0.3) is 0 Å². The van der Waals surface area contributed by atoms with Gasteiger partial charge in [-0.25, -0.2) is 13.2 Å². The zero-order valence-corrected chi connectivity index (χ0v) is 10.2. The van der Waals surface area contributed by atoms with Gasteiger partial charge < -0.3 is 16.2 Å². The second-order valence-electron chi connectivity index (χ2n) is 4.45. The molecule has 0 unspecified atom stereocenters. The summed E-state index contributed by atoms with van der Waals surface area (Å²) in [5.74, 6) is -0.905. The Morgan fingerprint density at radius 3 is 2.68 bits per heavy atom. The first kappa shape index (κ1) is 13.7. The van der Waals surface area contributed by atoms with E-state index in [2.05, 4.69) is 4.99 Å². The van der Waals surface area contributed by atoms with Crippen LogP contribution in [0.3, 0.4) is 0 Å². The number of amidine groups is 1. The number of hydrogen-bond acceptors (Lipinski definition) is 4. The van der Waals surface area contributed by atoms with Gasteiger partial charge in [-0.05, 0) is 25.1 Å². The van der Waals surface area contributed by atoms with Crippen LogP contribution in [-0.2, 0) is 10.3 Å². The highest BCUT2D eigenvalue weighted by Gasteiger charge is 2.47. The van der Waals surface area contributed by atoms with Crippen LogP contribution >= 0.6 is 0 Å². The van der Waals surface area contributed by atoms with Gasteiger partial charge in [-0.2, -0.15) is 0 Å². The zero-order chi connectivity index (χ0) is 14.2. The maximum Gasteiger partial charge on any atom is 0.269 e. The molecule has 2 atom stereocenters. The van der Waals surface area contributed by atoms with Gasteiger partial charge in [0.1, 0.15) is 17.8 Å². The molecule has 0 aliphatic carbocycles. The summed E-state index contributed by atoms with van der Waals surface area (Å²) < 4.78 is 45.8. The second kappa shape index (κ2) is 4.73. The minimum Gasteiger partial charge on any atom is -0.399 e. The number of halogens is 3. The first-order valence-corrected chi connectivity index (χ1v) is 5.67. The Morgan fingerprint density at radius 2 is 2.11 bits per heavy atom. The summed E-state index contributed by atoms with van der Waals surface area (Å²) >= 11 is 0. The quantitative estimate of drug-likeness (QED) is 0.804. The predicted molar refractivity (Wildman–Crippen MR) is 65.5 cm³/mol. The van der Waals surface area contributed by atoms with Crippen molar-refractivity contribution >= 4 is 11.5 Å². The third-order valence-corrected chi connectivity index (χ3v) is 3.12. The van der Waals surface area contributed by atoms with E-state index in [0.717, 1.165) is 12.1 Å². The third-order valence-electron chi connectivity index (χ3n) is 3.12. The molecule has 104 valence electrons. The van der Waals surface area contributed by atoms with Gasteiger partial charge in [-0.15, -0.1) is 0 Å². The monoisotopic (exact) mass is 273 g/mol. The van der Waals surface area contributed by atoms with Crippen LogP contribution in [-0.4, -0.2) is 25.0 Å². The van der Waals surface area contributed by atoms with Gasteiger partial charge in [-0.3, -0.25) is 4.99 Å². The molecule has 0 saturated carbocycles. The fourth-order valence-corrected chi connectivity index (χ4v) is 1.93. The molecule has 0 bridgehead atoms. The third kappa shape index (κ3) is 2.25. The van der Waals surface area contributed by atoms with E-state index in [0.29, 0.717) is 0 Å². The molecule has 1 aliphatic rings. The van der Waals surface area contributed by atoms with Crippen LogP contribution in [0.15, 0.2) is 23.2 Å². The van der Waals surface area contributed by atoms with Gasteiger partial charge in [0.2, 0.25) is 0 Å². The number of nitrogens with zero attached hydrogens (tertiary/aromatic N) is 1. The van der Waals surface area contributed by atoms with E-state index in [4.69, 9.17) is 16.2 Å². The highest BCUT2D eigenvalue weighted by atomic mass is 19.3. The molecule has 1 aromatic carbocycles. The normalized spacial score (nSPS) is 27.4. The molecule has 1 aliphatic heterocycles. The maximum atomic E-state index is 13.8. The van der Waals surface area contributed by atoms with Gasteiger partial charge >= 0.3 is 0 Å². The summed E-state index contributed by atoms with van der Waals surface area (Å²) in [6.45, 7) is 1.14. The smallest absolute Gasteiger partial charge is 0.269 e. The summed E-state index contributed by atoms with van der Waals surface area (Å²) in [6.07, 6.45) is -3.54. The fraction of sp³-hybridized carbons (Fsp3) is 0.417. The average molecular weight is 273 g/mol. The highest BCUT2D eigenvalue weighted by molar-refractivity contribution is 5.85. The van der Waals surface area contributed by atoms with Crippen LogP contribution in [0.2, 0.25) is 0 Å². The van der Waals surface area contributed by atoms with E-state index in [-0.39, 0.29) is 17.1 Å². The Hall–Kier alpha value is -1.76. The number of aliphatic imine (C=N–C) groups is 1. The zero-order valence-electron chi connectivity index (χ0n) is 10.2. The molecule has 7 heteroatoms. The van der Waals surface area contributed by atoms with E-state index in [1.54, 1.807) is 6.92 Å². The molecule has 0 saturated heterocycles. The first-order valence-electron chi connectivity index (χ1n) is 5.67. The molecule has 4 N–H and O–H groups in total. The van der Waals surface area contributed by atoms with E-state index in [1.165, 1.54) is 6.07 Å². The highest BCUT2D eigenvalue weighted by Crippen LogP contribution is 2.38. The van der Waals surface area contributed by atoms with Crippen molar-refractivity contribution in [2.75, 3.05) is 12.3 Å². The lowest BCUT2D eigenvalue weighted by Crippen LogP contribution is -2.48. The summed E-state index contributed by atoms with van der Waals surface area (Å²) in [6, 6.07) is 3.45. The summed E-state index contributed by atoms with van der Waals surface area (Å²) in [5.41, 5.74) is 8.80. The molecule has 2 rings (SSSR count). The minimum atomic E-state index is -2.96. The minimum absolute atomic E-state index is 0.0895. The van der Waals surface area contributed by atoms with E-state index in [9.17, 15) is 13.2 Å². The Balaban J connectivity index is 2.61. The first-order chi connectivity index (χ1) is 8.86. The van der Waals surface area contributed by atoms with E-state index in [1.807, 2.05) is 0 Å². The van der Waals surface area contributed by atoms with Gasteiger partial charge in [0, 0.05) is 11.3 Å². The standard InChI is InChI=1S/C12H14F3N3O/c1-6-10(17)18-12(5-19-6,11(14)15)8-4-7(16)2-3-9(8)13/h2-4,6,11H,5,16H2,1H3,(H2,17,18)/t6-,12-/m1/s1. The van der Waals surface area contributed by atoms with Gasteiger partial charge in [-0.1, -0.05) is 0 Å². The molecule has 4 nitrogen and oxygen atoms in total. The van der Waals surface area contributed by atoms with Gasteiger partial charge in [0.25, 0.3) is 6.43 Å². The number of hydrogen-bond donors (Lipinski definition) is 2. The van der Waals surface area contributed by atoms with E-state index < -0.39 is 30.5 Å². The van der Waals surface area contributed by atoms with Crippen LogP contribution < -0.4 is 11.5 Å². The Labute approximate surface area is 108 Å². The van der Waals surface area contributed by atoms with Crippen molar-refractivity contribution in [3.63, 3.8) is 0 Å². The topological polar surface area (TPSA) is 73.6 Å². The van der Waals surface area contributed by atoms with Gasteiger partial charge in [0.15, 0.2) is 5.54 Å². The number of nitrogen functional groups attached to an aromatic ring is 1. The van der Waals surface area contributed by atoms with Crippen molar-refractivity contribution in [1.29, 1.82) is 0 Å². The van der Waals surface area contributed by atoms with Crippen molar-refractivity contribution < 1.29 is 17.9 Å². The number of anilines is 1. The fourth-order valence-electron chi connectivity index (χ4n) is 1.93. The molecule has 1 heterocycles. The summed E-state index contributed by atoms with van der Waals surface area (Å²) in [4.78, 5) is 3.79. The van der Waals surface area contributed by atoms with Crippen molar-refractivity contribution in [1.82, 2.24) is 0 Å². The van der Waals surface area contributed by atoms with Crippen LogP contribution in [0.1, 0.15) is 12.5 Å². The molecular weight excluding hydrogens is 259 g/mol. The predicted octanol–water partition coefficient (Wildman–Crippen LogP) is 1.64. The number of alkyl halides is 2. The van der Waals surface area contributed by atoms with Crippen molar-refractivity contribution in [2.45, 2.75) is 25.0 Å². The second-order valence-corrected chi connectivity index (χ2v) is 4.45. The molecule has 0 amide bonds. The Kier molecular flexibility index (Phi) is 3.40. The largest absolute Gasteiger partial charge is 0.399 e. The molecule has 0 fully saturated rings. The van der Waals surface area contributed by atoms with Crippen LogP contribution in [0.4, 0.5) is 18.9 Å².